The summed E-state index contributed by atoms with van der Waals surface area (Å²) in [5.74, 6) is 0.765. The summed E-state index contributed by atoms with van der Waals surface area (Å²) in [6, 6.07) is 0.392. The molecule has 3 heteroatoms. The largest absolute Gasteiger partial charge is 0.392 e. The summed E-state index contributed by atoms with van der Waals surface area (Å²) in [6.07, 6.45) is 6.16. The molecule has 1 rings (SSSR count). The summed E-state index contributed by atoms with van der Waals surface area (Å²) >= 11 is 0. The van der Waals surface area contributed by atoms with E-state index in [4.69, 9.17) is 4.74 Å². The molecule has 102 valence electrons. The number of rotatable bonds is 8. The van der Waals surface area contributed by atoms with Gasteiger partial charge in [0.15, 0.2) is 0 Å². The van der Waals surface area contributed by atoms with Gasteiger partial charge in [0.2, 0.25) is 0 Å². The van der Waals surface area contributed by atoms with Crippen LogP contribution in [0.25, 0.3) is 0 Å². The van der Waals surface area contributed by atoms with Gasteiger partial charge in [0.25, 0.3) is 0 Å². The molecule has 1 aliphatic rings. The molecule has 0 radical (unpaired) electrons. The Bertz CT molecular complexity index is 193. The van der Waals surface area contributed by atoms with Crippen LogP contribution in [-0.4, -0.2) is 49.0 Å². The van der Waals surface area contributed by atoms with Crippen molar-refractivity contribution in [3.8, 4) is 0 Å². The number of methoxy groups -OCH3 is 1. The van der Waals surface area contributed by atoms with Crippen LogP contribution < -0.4 is 0 Å². The van der Waals surface area contributed by atoms with Crippen LogP contribution in [0.5, 0.6) is 0 Å². The number of nitrogens with zero attached hydrogens (tertiary/aromatic N) is 1. The first-order valence-electron chi connectivity index (χ1n) is 7.08. The quantitative estimate of drug-likeness (QED) is 0.710. The van der Waals surface area contributed by atoms with Crippen LogP contribution in [0.4, 0.5) is 0 Å². The molecule has 0 saturated heterocycles. The Morgan fingerprint density at radius 2 is 2.00 bits per heavy atom. The molecular formula is C14H29NO2. The Balaban J connectivity index is 2.28. The SMILES string of the molecule is CCN(CC(O)CC1CCCC1)C(C)COC. The molecule has 1 N–H and O–H groups in total. The van der Waals surface area contributed by atoms with E-state index in [1.54, 1.807) is 7.11 Å². The Morgan fingerprint density at radius 1 is 1.35 bits per heavy atom. The first-order valence-corrected chi connectivity index (χ1v) is 7.08. The van der Waals surface area contributed by atoms with Crippen LogP contribution in [0.1, 0.15) is 46.0 Å². The average molecular weight is 243 g/mol. The lowest BCUT2D eigenvalue weighted by Crippen LogP contribution is -2.41. The molecule has 0 aliphatic heterocycles. The third-order valence-corrected chi connectivity index (χ3v) is 3.96. The molecule has 0 spiro atoms. The van der Waals surface area contributed by atoms with Gasteiger partial charge in [-0.25, -0.2) is 0 Å². The normalized spacial score (nSPS) is 21.0. The lowest BCUT2D eigenvalue weighted by Gasteiger charge is -2.30. The van der Waals surface area contributed by atoms with E-state index in [9.17, 15) is 5.11 Å². The molecule has 0 heterocycles. The zero-order chi connectivity index (χ0) is 12.7. The van der Waals surface area contributed by atoms with Gasteiger partial charge in [-0.3, -0.25) is 4.90 Å². The van der Waals surface area contributed by atoms with Gasteiger partial charge in [-0.15, -0.1) is 0 Å². The van der Waals surface area contributed by atoms with Crippen LogP contribution in [0.2, 0.25) is 0 Å². The highest BCUT2D eigenvalue weighted by Gasteiger charge is 2.21. The third kappa shape index (κ3) is 5.36. The number of aliphatic hydroxyl groups excluding tert-OH is 1. The van der Waals surface area contributed by atoms with E-state index >= 15 is 0 Å². The van der Waals surface area contributed by atoms with E-state index in [-0.39, 0.29) is 6.10 Å². The van der Waals surface area contributed by atoms with Gasteiger partial charge >= 0.3 is 0 Å². The summed E-state index contributed by atoms with van der Waals surface area (Å²) in [5.41, 5.74) is 0. The number of ether oxygens (including phenoxy) is 1. The average Bonchev–Trinajstić information content (AvgIpc) is 2.78. The number of aliphatic hydroxyl groups is 1. The van der Waals surface area contributed by atoms with Gasteiger partial charge in [0, 0.05) is 19.7 Å². The van der Waals surface area contributed by atoms with Crippen LogP contribution >= 0.6 is 0 Å². The maximum atomic E-state index is 10.1. The number of hydrogen-bond donors (Lipinski definition) is 1. The molecule has 1 saturated carbocycles. The van der Waals surface area contributed by atoms with E-state index in [0.29, 0.717) is 6.04 Å². The van der Waals surface area contributed by atoms with E-state index in [2.05, 4.69) is 18.7 Å². The second-order valence-electron chi connectivity index (χ2n) is 5.43. The van der Waals surface area contributed by atoms with Crippen molar-refractivity contribution in [2.24, 2.45) is 5.92 Å². The van der Waals surface area contributed by atoms with Crippen molar-refractivity contribution in [1.82, 2.24) is 4.90 Å². The Hall–Kier alpha value is -0.120. The van der Waals surface area contributed by atoms with E-state index in [1.807, 2.05) is 0 Å². The van der Waals surface area contributed by atoms with Crippen LogP contribution in [0, 0.1) is 5.92 Å². The molecule has 0 aromatic carbocycles. The summed E-state index contributed by atoms with van der Waals surface area (Å²) in [7, 11) is 1.74. The molecular weight excluding hydrogens is 214 g/mol. The molecule has 2 atom stereocenters. The van der Waals surface area contributed by atoms with Crippen molar-refractivity contribution in [3.63, 3.8) is 0 Å². The maximum Gasteiger partial charge on any atom is 0.0669 e. The fourth-order valence-electron chi connectivity index (χ4n) is 2.94. The van der Waals surface area contributed by atoms with Crippen LogP contribution in [-0.2, 0) is 4.74 Å². The molecule has 1 aliphatic carbocycles. The molecule has 0 aromatic heterocycles. The predicted octanol–water partition coefficient (Wildman–Crippen LogP) is 2.28. The molecule has 1 fully saturated rings. The van der Waals surface area contributed by atoms with Gasteiger partial charge in [0.1, 0.15) is 0 Å². The topological polar surface area (TPSA) is 32.7 Å². The molecule has 17 heavy (non-hydrogen) atoms. The van der Waals surface area contributed by atoms with E-state index < -0.39 is 0 Å². The Morgan fingerprint density at radius 3 is 2.53 bits per heavy atom. The van der Waals surface area contributed by atoms with Crippen molar-refractivity contribution < 1.29 is 9.84 Å². The summed E-state index contributed by atoms with van der Waals surface area (Å²) in [5, 5.41) is 10.1. The lowest BCUT2D eigenvalue weighted by molar-refractivity contribution is 0.0486. The first-order chi connectivity index (χ1) is 8.17. The standard InChI is InChI=1S/C14H29NO2/c1-4-15(12(2)11-17-3)10-14(16)9-13-7-5-6-8-13/h12-14,16H,4-11H2,1-3H3. The highest BCUT2D eigenvalue weighted by Crippen LogP contribution is 2.28. The number of likely N-dealkylation sites (N-methyl/N-ethyl adjacent to an activating group) is 1. The zero-order valence-electron chi connectivity index (χ0n) is 11.7. The van der Waals surface area contributed by atoms with Crippen molar-refractivity contribution in [2.45, 2.75) is 58.1 Å². The summed E-state index contributed by atoms with van der Waals surface area (Å²) < 4.78 is 5.18. The van der Waals surface area contributed by atoms with Gasteiger partial charge in [-0.1, -0.05) is 32.6 Å². The predicted molar refractivity (Wildman–Crippen MR) is 71.2 cm³/mol. The fraction of sp³-hybridized carbons (Fsp3) is 1.00. The number of hydrogen-bond acceptors (Lipinski definition) is 3. The second-order valence-corrected chi connectivity index (χ2v) is 5.43. The van der Waals surface area contributed by atoms with Gasteiger partial charge < -0.3 is 9.84 Å². The maximum absolute atomic E-state index is 10.1. The minimum atomic E-state index is -0.169. The molecule has 0 bridgehead atoms. The first kappa shape index (κ1) is 14.9. The van der Waals surface area contributed by atoms with E-state index in [0.717, 1.165) is 32.0 Å². The second kappa shape index (κ2) is 8.06. The summed E-state index contributed by atoms with van der Waals surface area (Å²) in [6.45, 7) is 6.82. The Kier molecular flexibility index (Phi) is 7.09. The highest BCUT2D eigenvalue weighted by molar-refractivity contribution is 4.75. The van der Waals surface area contributed by atoms with Crippen LogP contribution in [0.3, 0.4) is 0 Å². The minimum absolute atomic E-state index is 0.169. The van der Waals surface area contributed by atoms with Crippen molar-refractivity contribution >= 4 is 0 Å². The zero-order valence-corrected chi connectivity index (χ0v) is 11.7. The van der Waals surface area contributed by atoms with Gasteiger partial charge in [0.05, 0.1) is 12.7 Å². The molecule has 0 amide bonds. The summed E-state index contributed by atoms with van der Waals surface area (Å²) in [4.78, 5) is 2.31. The lowest BCUT2D eigenvalue weighted by atomic mass is 9.99. The van der Waals surface area contributed by atoms with Crippen molar-refractivity contribution in [2.75, 3.05) is 26.8 Å². The molecule has 3 nitrogen and oxygen atoms in total. The van der Waals surface area contributed by atoms with E-state index in [1.165, 1.54) is 25.7 Å². The van der Waals surface area contributed by atoms with Crippen molar-refractivity contribution in [1.29, 1.82) is 0 Å². The third-order valence-electron chi connectivity index (χ3n) is 3.96. The smallest absolute Gasteiger partial charge is 0.0669 e. The van der Waals surface area contributed by atoms with Crippen molar-refractivity contribution in [3.05, 3.63) is 0 Å². The minimum Gasteiger partial charge on any atom is -0.392 e. The van der Waals surface area contributed by atoms with Gasteiger partial charge in [-0.05, 0) is 25.8 Å². The molecule has 2 unspecified atom stereocenters. The van der Waals surface area contributed by atoms with Crippen LogP contribution in [0.15, 0.2) is 0 Å². The highest BCUT2D eigenvalue weighted by atomic mass is 16.5. The molecule has 0 aromatic rings. The fourth-order valence-corrected chi connectivity index (χ4v) is 2.94. The van der Waals surface area contributed by atoms with Gasteiger partial charge in [-0.2, -0.15) is 0 Å². The monoisotopic (exact) mass is 243 g/mol. The Labute approximate surface area is 106 Å².